The molecule has 7 heteroatoms. The van der Waals surface area contributed by atoms with Crippen molar-refractivity contribution in [2.45, 2.75) is 19.5 Å². The summed E-state index contributed by atoms with van der Waals surface area (Å²) in [6.07, 6.45) is 1.66. The average Bonchev–Trinajstić information content (AvgIpc) is 3.26. The van der Waals surface area contributed by atoms with E-state index < -0.39 is 12.0 Å². The number of urea groups is 1. The van der Waals surface area contributed by atoms with Crippen LogP contribution in [0.15, 0.2) is 71.1 Å². The third-order valence-electron chi connectivity index (χ3n) is 4.84. The summed E-state index contributed by atoms with van der Waals surface area (Å²) in [5.41, 5.74) is 3.14. The molecule has 1 aromatic carbocycles. The summed E-state index contributed by atoms with van der Waals surface area (Å²) in [6, 6.07) is 11.2. The minimum atomic E-state index is -0.538. The van der Waals surface area contributed by atoms with Gasteiger partial charge in [-0.15, -0.1) is 6.58 Å². The molecule has 6 nitrogen and oxygen atoms in total. The minimum absolute atomic E-state index is 0.248. The monoisotopic (exact) mass is 425 g/mol. The second-order valence-electron chi connectivity index (χ2n) is 7.08. The first-order valence-electron chi connectivity index (χ1n) is 9.88. The largest absolute Gasteiger partial charge is 0.463 e. The van der Waals surface area contributed by atoms with Crippen molar-refractivity contribution in [2.75, 3.05) is 26.7 Å². The fourth-order valence-electron chi connectivity index (χ4n) is 3.54. The Hall–Kier alpha value is -2.90. The Kier molecular flexibility index (Phi) is 7.43. The number of ether oxygens (including phenoxy) is 1. The Balaban J connectivity index is 2.02. The van der Waals surface area contributed by atoms with Crippen LogP contribution in [0.5, 0.6) is 0 Å². The van der Waals surface area contributed by atoms with Gasteiger partial charge in [-0.1, -0.05) is 36.4 Å². The van der Waals surface area contributed by atoms with E-state index in [0.29, 0.717) is 30.9 Å². The van der Waals surface area contributed by atoms with Crippen molar-refractivity contribution in [1.82, 2.24) is 15.1 Å². The number of rotatable bonds is 9. The van der Waals surface area contributed by atoms with Crippen molar-refractivity contribution in [3.05, 3.63) is 82.2 Å². The highest BCUT2D eigenvalue weighted by molar-refractivity contribution is 7.08. The molecule has 0 radical (unpaired) electrons. The number of nitrogens with one attached hydrogen (secondary N) is 1. The van der Waals surface area contributed by atoms with Crippen LogP contribution in [0.3, 0.4) is 0 Å². The fraction of sp³-hybridized carbons (Fsp3) is 0.304. The number of hydrogen-bond acceptors (Lipinski definition) is 5. The van der Waals surface area contributed by atoms with E-state index >= 15 is 0 Å². The van der Waals surface area contributed by atoms with Crippen LogP contribution in [0.25, 0.3) is 0 Å². The summed E-state index contributed by atoms with van der Waals surface area (Å²) in [7, 11) is 1.97. The molecule has 2 amide bonds. The maximum atomic E-state index is 13.0. The number of thiophene rings is 1. The van der Waals surface area contributed by atoms with Crippen LogP contribution in [0.1, 0.15) is 24.1 Å². The molecule has 1 N–H and O–H groups in total. The lowest BCUT2D eigenvalue weighted by atomic mass is 9.96. The maximum absolute atomic E-state index is 13.0. The molecule has 0 bridgehead atoms. The molecule has 1 atom stereocenters. The minimum Gasteiger partial charge on any atom is -0.463 e. The molecule has 0 saturated carbocycles. The van der Waals surface area contributed by atoms with Crippen molar-refractivity contribution >= 4 is 23.3 Å². The highest BCUT2D eigenvalue weighted by Gasteiger charge is 2.38. The molecule has 0 saturated heterocycles. The molecule has 2 heterocycles. The van der Waals surface area contributed by atoms with Gasteiger partial charge < -0.3 is 10.1 Å². The predicted molar refractivity (Wildman–Crippen MR) is 119 cm³/mol. The second-order valence-corrected chi connectivity index (χ2v) is 7.86. The van der Waals surface area contributed by atoms with Gasteiger partial charge in [0.05, 0.1) is 18.2 Å². The third-order valence-corrected chi connectivity index (χ3v) is 5.54. The number of benzene rings is 1. The van der Waals surface area contributed by atoms with Crippen molar-refractivity contribution in [3.8, 4) is 0 Å². The van der Waals surface area contributed by atoms with Crippen molar-refractivity contribution < 1.29 is 14.3 Å². The summed E-state index contributed by atoms with van der Waals surface area (Å²) < 4.78 is 5.39. The zero-order chi connectivity index (χ0) is 21.5. The second kappa shape index (κ2) is 10.2. The molecular formula is C23H27N3O3S. The number of esters is 1. The van der Waals surface area contributed by atoms with Gasteiger partial charge in [-0.2, -0.15) is 11.3 Å². The molecule has 30 heavy (non-hydrogen) atoms. The van der Waals surface area contributed by atoms with Gasteiger partial charge in [0.2, 0.25) is 0 Å². The van der Waals surface area contributed by atoms with Gasteiger partial charge in [0.25, 0.3) is 0 Å². The standard InChI is InChI=1S/C23H27N3O3S/c1-4-12-26-19(15-25(3)14-17-9-7-6-8-10-17)20(22(27)29-5-2)21(24-23(26)28)18-11-13-30-16-18/h4,6-11,13,16,21H,1,5,12,14-15H2,2-3H3,(H,24,28). The van der Waals surface area contributed by atoms with E-state index in [1.165, 1.54) is 11.3 Å². The molecular weight excluding hydrogens is 398 g/mol. The van der Waals surface area contributed by atoms with E-state index in [1.54, 1.807) is 17.9 Å². The van der Waals surface area contributed by atoms with E-state index in [1.807, 2.05) is 42.1 Å². The molecule has 0 fully saturated rings. The van der Waals surface area contributed by atoms with Crippen LogP contribution in [0, 0.1) is 0 Å². The van der Waals surface area contributed by atoms with E-state index in [4.69, 9.17) is 4.74 Å². The summed E-state index contributed by atoms with van der Waals surface area (Å²) in [6.45, 7) is 7.23. The number of likely N-dealkylation sites (N-methyl/N-ethyl adjacent to an activating group) is 1. The molecule has 1 unspecified atom stereocenters. The first-order valence-corrected chi connectivity index (χ1v) is 10.8. The van der Waals surface area contributed by atoms with Gasteiger partial charge >= 0.3 is 12.0 Å². The first kappa shape index (κ1) is 21.8. The summed E-state index contributed by atoms with van der Waals surface area (Å²) in [5, 5.41) is 6.84. The summed E-state index contributed by atoms with van der Waals surface area (Å²) in [4.78, 5) is 29.6. The number of carbonyl (C=O) groups excluding carboxylic acids is 2. The first-order chi connectivity index (χ1) is 14.5. The zero-order valence-corrected chi connectivity index (χ0v) is 18.2. The molecule has 158 valence electrons. The fourth-order valence-corrected chi connectivity index (χ4v) is 4.23. The highest BCUT2D eigenvalue weighted by atomic mass is 32.1. The molecule has 1 aromatic heterocycles. The lowest BCUT2D eigenvalue weighted by Gasteiger charge is -2.37. The van der Waals surface area contributed by atoms with E-state index in [0.717, 1.165) is 11.1 Å². The van der Waals surface area contributed by atoms with Crippen molar-refractivity contribution in [1.29, 1.82) is 0 Å². The Morgan fingerprint density at radius 1 is 1.30 bits per heavy atom. The van der Waals surface area contributed by atoms with Crippen LogP contribution >= 0.6 is 11.3 Å². The normalized spacial score (nSPS) is 16.6. The molecule has 2 aromatic rings. The molecule has 1 aliphatic heterocycles. The predicted octanol–water partition coefficient (Wildman–Crippen LogP) is 3.95. The highest BCUT2D eigenvalue weighted by Crippen LogP contribution is 2.33. The Bertz CT molecular complexity index is 909. The lowest BCUT2D eigenvalue weighted by Crippen LogP contribution is -2.50. The van der Waals surface area contributed by atoms with Gasteiger partial charge in [0.1, 0.15) is 0 Å². The number of hydrogen-bond donors (Lipinski definition) is 1. The van der Waals surface area contributed by atoms with E-state index in [-0.39, 0.29) is 12.6 Å². The SMILES string of the molecule is C=CCN1C(=O)NC(c2ccsc2)C(C(=O)OCC)=C1CN(C)Cc1ccccc1. The third kappa shape index (κ3) is 4.98. The Morgan fingerprint density at radius 3 is 2.70 bits per heavy atom. The number of carbonyl (C=O) groups is 2. The van der Waals surface area contributed by atoms with E-state index in [2.05, 4.69) is 28.9 Å². The molecule has 0 aliphatic carbocycles. The van der Waals surface area contributed by atoms with Gasteiger partial charge in [0, 0.05) is 25.3 Å². The summed E-state index contributed by atoms with van der Waals surface area (Å²) in [5.74, 6) is -0.411. The van der Waals surface area contributed by atoms with Crippen molar-refractivity contribution in [2.24, 2.45) is 0 Å². The Morgan fingerprint density at radius 2 is 2.07 bits per heavy atom. The topological polar surface area (TPSA) is 61.9 Å². The van der Waals surface area contributed by atoms with Gasteiger partial charge in [-0.3, -0.25) is 9.80 Å². The average molecular weight is 426 g/mol. The summed E-state index contributed by atoms with van der Waals surface area (Å²) >= 11 is 1.52. The number of amides is 2. The van der Waals surface area contributed by atoms with Crippen LogP contribution in [0.2, 0.25) is 0 Å². The Labute approximate surface area is 181 Å². The molecule has 3 rings (SSSR count). The quantitative estimate of drug-likeness (QED) is 0.488. The lowest BCUT2D eigenvalue weighted by molar-refractivity contribution is -0.139. The van der Waals surface area contributed by atoms with Gasteiger partial charge in [-0.05, 0) is 41.9 Å². The molecule has 0 spiro atoms. The van der Waals surface area contributed by atoms with Gasteiger partial charge in [-0.25, -0.2) is 9.59 Å². The van der Waals surface area contributed by atoms with E-state index in [9.17, 15) is 9.59 Å². The molecule has 1 aliphatic rings. The van der Waals surface area contributed by atoms with Crippen LogP contribution in [0.4, 0.5) is 4.79 Å². The van der Waals surface area contributed by atoms with Crippen LogP contribution in [-0.2, 0) is 16.1 Å². The smallest absolute Gasteiger partial charge is 0.338 e. The van der Waals surface area contributed by atoms with Gasteiger partial charge in [0.15, 0.2) is 0 Å². The van der Waals surface area contributed by atoms with Crippen LogP contribution < -0.4 is 5.32 Å². The van der Waals surface area contributed by atoms with Crippen LogP contribution in [-0.4, -0.2) is 48.5 Å². The number of nitrogens with zero attached hydrogens (tertiary/aromatic N) is 2. The maximum Gasteiger partial charge on any atom is 0.338 e. The van der Waals surface area contributed by atoms with Crippen molar-refractivity contribution in [3.63, 3.8) is 0 Å². The zero-order valence-electron chi connectivity index (χ0n) is 17.3.